The average Bonchev–Trinajstić information content (AvgIpc) is 2.27. The van der Waals surface area contributed by atoms with Crippen LogP contribution in [0.15, 0.2) is 18.2 Å². The SMILES string of the molecule is CC1Oc2ccc(NCC(C)(C)C)cc2NC1=O. The van der Waals surface area contributed by atoms with Crippen LogP contribution < -0.4 is 15.4 Å². The Morgan fingerprint density at radius 2 is 2.11 bits per heavy atom. The molecule has 0 fully saturated rings. The number of anilines is 2. The Bertz CT molecular complexity index is 463. The lowest BCUT2D eigenvalue weighted by molar-refractivity contribution is -0.122. The molecule has 4 heteroatoms. The summed E-state index contributed by atoms with van der Waals surface area (Å²) in [6.45, 7) is 9.13. The predicted octanol–water partition coefficient (Wildman–Crippen LogP) is 2.86. The third-order valence-electron chi connectivity index (χ3n) is 2.73. The molecule has 0 spiro atoms. The number of ether oxygens (including phenoxy) is 1. The van der Waals surface area contributed by atoms with Gasteiger partial charge in [0.05, 0.1) is 5.69 Å². The summed E-state index contributed by atoms with van der Waals surface area (Å²) in [4.78, 5) is 11.5. The highest BCUT2D eigenvalue weighted by Gasteiger charge is 2.23. The largest absolute Gasteiger partial charge is 0.479 e. The van der Waals surface area contributed by atoms with Crippen molar-refractivity contribution >= 4 is 17.3 Å². The number of carbonyl (C=O) groups is 1. The molecule has 1 atom stereocenters. The Morgan fingerprint density at radius 1 is 1.39 bits per heavy atom. The molecule has 0 bridgehead atoms. The van der Waals surface area contributed by atoms with Gasteiger partial charge in [0, 0.05) is 12.2 Å². The van der Waals surface area contributed by atoms with Crippen LogP contribution >= 0.6 is 0 Å². The molecule has 1 amide bonds. The first-order valence-electron chi connectivity index (χ1n) is 6.21. The smallest absolute Gasteiger partial charge is 0.265 e. The van der Waals surface area contributed by atoms with Crippen molar-refractivity contribution in [3.63, 3.8) is 0 Å². The predicted molar refractivity (Wildman–Crippen MR) is 73.1 cm³/mol. The van der Waals surface area contributed by atoms with Crippen LogP contribution in [0.2, 0.25) is 0 Å². The van der Waals surface area contributed by atoms with Gasteiger partial charge in [-0.1, -0.05) is 20.8 Å². The van der Waals surface area contributed by atoms with E-state index in [9.17, 15) is 4.79 Å². The van der Waals surface area contributed by atoms with Crippen LogP contribution in [0.4, 0.5) is 11.4 Å². The highest BCUT2D eigenvalue weighted by molar-refractivity contribution is 5.98. The monoisotopic (exact) mass is 248 g/mol. The second-order valence-corrected chi connectivity index (χ2v) is 5.87. The van der Waals surface area contributed by atoms with Gasteiger partial charge in [-0.2, -0.15) is 0 Å². The maximum atomic E-state index is 11.5. The van der Waals surface area contributed by atoms with Crippen LogP contribution in [0, 0.1) is 5.41 Å². The number of benzene rings is 1. The van der Waals surface area contributed by atoms with Crippen molar-refractivity contribution < 1.29 is 9.53 Å². The maximum absolute atomic E-state index is 11.5. The highest BCUT2D eigenvalue weighted by atomic mass is 16.5. The van der Waals surface area contributed by atoms with E-state index in [1.807, 2.05) is 18.2 Å². The van der Waals surface area contributed by atoms with E-state index in [-0.39, 0.29) is 11.3 Å². The van der Waals surface area contributed by atoms with Gasteiger partial charge in [-0.25, -0.2) is 0 Å². The first-order chi connectivity index (χ1) is 8.35. The van der Waals surface area contributed by atoms with Crippen molar-refractivity contribution in [1.29, 1.82) is 0 Å². The molecule has 1 aromatic rings. The zero-order valence-corrected chi connectivity index (χ0v) is 11.3. The number of hydrogen-bond acceptors (Lipinski definition) is 3. The van der Waals surface area contributed by atoms with Gasteiger partial charge in [0.2, 0.25) is 0 Å². The minimum Gasteiger partial charge on any atom is -0.479 e. The van der Waals surface area contributed by atoms with Gasteiger partial charge in [-0.05, 0) is 30.5 Å². The molecule has 1 heterocycles. The average molecular weight is 248 g/mol. The summed E-state index contributed by atoms with van der Waals surface area (Å²) in [5.41, 5.74) is 1.93. The molecule has 0 aliphatic carbocycles. The number of carbonyl (C=O) groups excluding carboxylic acids is 1. The van der Waals surface area contributed by atoms with Crippen molar-refractivity contribution in [3.8, 4) is 5.75 Å². The molecule has 1 aliphatic heterocycles. The zero-order chi connectivity index (χ0) is 13.3. The lowest BCUT2D eigenvalue weighted by atomic mass is 9.97. The second-order valence-electron chi connectivity index (χ2n) is 5.87. The molecule has 2 rings (SSSR count). The summed E-state index contributed by atoms with van der Waals surface area (Å²) in [6, 6.07) is 5.76. The van der Waals surface area contributed by atoms with E-state index in [1.54, 1.807) is 6.92 Å². The summed E-state index contributed by atoms with van der Waals surface area (Å²) in [5, 5.41) is 6.20. The van der Waals surface area contributed by atoms with E-state index in [0.717, 1.165) is 23.7 Å². The molecule has 0 saturated carbocycles. The summed E-state index contributed by atoms with van der Waals surface area (Å²) in [7, 11) is 0. The number of nitrogens with one attached hydrogen (secondary N) is 2. The highest BCUT2D eigenvalue weighted by Crippen LogP contribution is 2.32. The molecule has 0 aromatic heterocycles. The lowest BCUT2D eigenvalue weighted by Gasteiger charge is -2.25. The number of fused-ring (bicyclic) bond motifs is 1. The van der Waals surface area contributed by atoms with Crippen molar-refractivity contribution in [1.82, 2.24) is 0 Å². The van der Waals surface area contributed by atoms with E-state index < -0.39 is 6.10 Å². The normalized spacial score (nSPS) is 18.7. The minimum absolute atomic E-state index is 0.101. The first kappa shape index (κ1) is 12.7. The van der Waals surface area contributed by atoms with Crippen LogP contribution in [0.5, 0.6) is 5.75 Å². The fourth-order valence-electron chi connectivity index (χ4n) is 1.69. The van der Waals surface area contributed by atoms with Gasteiger partial charge >= 0.3 is 0 Å². The molecule has 2 N–H and O–H groups in total. The number of amides is 1. The summed E-state index contributed by atoms with van der Waals surface area (Å²) < 4.78 is 5.50. The Balaban J connectivity index is 2.13. The van der Waals surface area contributed by atoms with Crippen molar-refractivity contribution in [2.45, 2.75) is 33.8 Å². The molecule has 0 radical (unpaired) electrons. The Morgan fingerprint density at radius 3 is 2.78 bits per heavy atom. The molecular formula is C14H20N2O2. The fourth-order valence-corrected chi connectivity index (χ4v) is 1.69. The topological polar surface area (TPSA) is 50.4 Å². The molecule has 1 unspecified atom stereocenters. The lowest BCUT2D eigenvalue weighted by Crippen LogP contribution is -2.34. The molecule has 4 nitrogen and oxygen atoms in total. The number of rotatable bonds is 2. The minimum atomic E-state index is -0.425. The zero-order valence-electron chi connectivity index (χ0n) is 11.3. The Kier molecular flexibility index (Phi) is 3.20. The quantitative estimate of drug-likeness (QED) is 0.846. The maximum Gasteiger partial charge on any atom is 0.265 e. The first-order valence-corrected chi connectivity index (χ1v) is 6.21. The van der Waals surface area contributed by atoms with Crippen molar-refractivity contribution in [2.75, 3.05) is 17.2 Å². The van der Waals surface area contributed by atoms with Crippen molar-refractivity contribution in [2.24, 2.45) is 5.41 Å². The van der Waals surface area contributed by atoms with Crippen LogP contribution in [-0.2, 0) is 4.79 Å². The molecular weight excluding hydrogens is 228 g/mol. The third kappa shape index (κ3) is 2.94. The van der Waals surface area contributed by atoms with Gasteiger partial charge in [-0.3, -0.25) is 4.79 Å². The Labute approximate surface area is 108 Å². The van der Waals surface area contributed by atoms with Gasteiger partial charge in [0.25, 0.3) is 5.91 Å². The van der Waals surface area contributed by atoms with E-state index in [1.165, 1.54) is 0 Å². The second kappa shape index (κ2) is 4.52. The van der Waals surface area contributed by atoms with E-state index >= 15 is 0 Å². The molecule has 0 saturated heterocycles. The summed E-state index contributed by atoms with van der Waals surface area (Å²) in [6.07, 6.45) is -0.425. The van der Waals surface area contributed by atoms with E-state index in [2.05, 4.69) is 31.4 Å². The van der Waals surface area contributed by atoms with Gasteiger partial charge in [0.1, 0.15) is 5.75 Å². The molecule has 18 heavy (non-hydrogen) atoms. The van der Waals surface area contributed by atoms with Gasteiger partial charge in [-0.15, -0.1) is 0 Å². The van der Waals surface area contributed by atoms with Crippen LogP contribution in [0.25, 0.3) is 0 Å². The standard InChI is InChI=1S/C14H20N2O2/c1-9-13(17)16-11-7-10(5-6-12(11)18-9)15-8-14(2,3)4/h5-7,9,15H,8H2,1-4H3,(H,16,17). The third-order valence-corrected chi connectivity index (χ3v) is 2.73. The molecule has 1 aromatic carbocycles. The molecule has 1 aliphatic rings. The summed E-state index contributed by atoms with van der Waals surface area (Å²) in [5.74, 6) is 0.624. The summed E-state index contributed by atoms with van der Waals surface area (Å²) >= 11 is 0. The van der Waals surface area contributed by atoms with Crippen LogP contribution in [0.1, 0.15) is 27.7 Å². The number of hydrogen-bond donors (Lipinski definition) is 2. The van der Waals surface area contributed by atoms with Gasteiger partial charge in [0.15, 0.2) is 6.10 Å². The van der Waals surface area contributed by atoms with E-state index in [0.29, 0.717) is 0 Å². The fraction of sp³-hybridized carbons (Fsp3) is 0.500. The van der Waals surface area contributed by atoms with E-state index in [4.69, 9.17) is 4.74 Å². The van der Waals surface area contributed by atoms with Crippen molar-refractivity contribution in [3.05, 3.63) is 18.2 Å². The van der Waals surface area contributed by atoms with Crippen LogP contribution in [0.3, 0.4) is 0 Å². The Hall–Kier alpha value is -1.71. The van der Waals surface area contributed by atoms with Gasteiger partial charge < -0.3 is 15.4 Å². The molecule has 98 valence electrons. The van der Waals surface area contributed by atoms with Crippen LogP contribution in [-0.4, -0.2) is 18.6 Å².